The molecule has 3 N–H and O–H groups in total. The highest BCUT2D eigenvalue weighted by atomic mass is 16.5. The second-order valence-corrected chi connectivity index (χ2v) is 3.50. The molecule has 0 aliphatic rings. The van der Waals surface area contributed by atoms with Gasteiger partial charge in [0.1, 0.15) is 11.5 Å². The topological polar surface area (TPSA) is 72.5 Å². The largest absolute Gasteiger partial charge is 0.507 e. The van der Waals surface area contributed by atoms with Crippen LogP contribution in [0.5, 0.6) is 11.5 Å². The Morgan fingerprint density at radius 3 is 2.69 bits per heavy atom. The number of hydrogen-bond acceptors (Lipinski definition) is 3. The normalized spacial score (nSPS) is 10.3. The molecule has 4 nitrogen and oxygen atoms in total. The van der Waals surface area contributed by atoms with E-state index in [4.69, 9.17) is 10.5 Å². The summed E-state index contributed by atoms with van der Waals surface area (Å²) in [6.07, 6.45) is -0.868. The van der Waals surface area contributed by atoms with Crippen LogP contribution in [-0.2, 0) is 0 Å². The van der Waals surface area contributed by atoms with Gasteiger partial charge in [-0.25, -0.2) is 4.79 Å². The van der Waals surface area contributed by atoms with Crippen LogP contribution in [0.2, 0.25) is 0 Å². The van der Waals surface area contributed by atoms with Gasteiger partial charge in [0.05, 0.1) is 0 Å². The van der Waals surface area contributed by atoms with E-state index in [9.17, 15) is 9.90 Å². The molecule has 2 aromatic rings. The Kier molecular flexibility index (Phi) is 2.40. The van der Waals surface area contributed by atoms with Gasteiger partial charge in [-0.1, -0.05) is 24.3 Å². The van der Waals surface area contributed by atoms with Crippen LogP contribution in [-0.4, -0.2) is 11.2 Å². The first-order chi connectivity index (χ1) is 7.59. The second kappa shape index (κ2) is 3.73. The third-order valence-corrected chi connectivity index (χ3v) is 2.41. The molecule has 0 saturated carbocycles. The zero-order chi connectivity index (χ0) is 11.7. The van der Waals surface area contributed by atoms with Crippen molar-refractivity contribution in [1.82, 2.24) is 0 Å². The summed E-state index contributed by atoms with van der Waals surface area (Å²) in [4.78, 5) is 10.7. The second-order valence-electron chi connectivity index (χ2n) is 3.50. The number of amides is 1. The van der Waals surface area contributed by atoms with Gasteiger partial charge in [0.25, 0.3) is 0 Å². The summed E-state index contributed by atoms with van der Waals surface area (Å²) >= 11 is 0. The van der Waals surface area contributed by atoms with Gasteiger partial charge < -0.3 is 15.6 Å². The molecule has 0 saturated heterocycles. The molecule has 1 amide bonds. The van der Waals surface area contributed by atoms with E-state index < -0.39 is 6.09 Å². The lowest BCUT2D eigenvalue weighted by Gasteiger charge is -2.08. The van der Waals surface area contributed by atoms with E-state index in [0.29, 0.717) is 16.5 Å². The molecule has 0 radical (unpaired) electrons. The van der Waals surface area contributed by atoms with Crippen LogP contribution in [0.1, 0.15) is 5.56 Å². The lowest BCUT2D eigenvalue weighted by Crippen LogP contribution is -2.16. The Labute approximate surface area is 92.3 Å². The van der Waals surface area contributed by atoms with Crippen LogP contribution >= 0.6 is 0 Å². The number of primary amides is 1. The van der Waals surface area contributed by atoms with Gasteiger partial charge >= 0.3 is 6.09 Å². The number of nitrogens with two attached hydrogens (primary N) is 1. The van der Waals surface area contributed by atoms with Crippen molar-refractivity contribution in [1.29, 1.82) is 0 Å². The van der Waals surface area contributed by atoms with Crippen LogP contribution in [0.15, 0.2) is 30.3 Å². The number of phenolic OH excluding ortho intramolecular Hbond substituents is 1. The molecule has 0 aromatic heterocycles. The number of fused-ring (bicyclic) bond motifs is 1. The number of aryl methyl sites for hydroxylation is 1. The molecule has 82 valence electrons. The highest BCUT2D eigenvalue weighted by Gasteiger charge is 2.08. The summed E-state index contributed by atoms with van der Waals surface area (Å²) < 4.78 is 4.85. The first-order valence-electron chi connectivity index (χ1n) is 4.78. The average molecular weight is 217 g/mol. The maximum absolute atomic E-state index is 10.7. The number of carbonyl (C=O) groups is 1. The van der Waals surface area contributed by atoms with Gasteiger partial charge in [0.15, 0.2) is 0 Å². The molecule has 0 unspecified atom stereocenters. The summed E-state index contributed by atoms with van der Waals surface area (Å²) in [5.41, 5.74) is 5.73. The highest BCUT2D eigenvalue weighted by Crippen LogP contribution is 2.33. The first kappa shape index (κ1) is 10.3. The van der Waals surface area contributed by atoms with Crippen molar-refractivity contribution in [2.75, 3.05) is 0 Å². The van der Waals surface area contributed by atoms with E-state index in [1.807, 2.05) is 0 Å². The number of phenols is 1. The minimum atomic E-state index is -0.868. The van der Waals surface area contributed by atoms with Crippen LogP contribution in [0, 0.1) is 6.92 Å². The van der Waals surface area contributed by atoms with Crippen LogP contribution in [0.4, 0.5) is 4.79 Å². The van der Waals surface area contributed by atoms with Gasteiger partial charge in [-0.15, -0.1) is 0 Å². The molecule has 0 heterocycles. The minimum Gasteiger partial charge on any atom is -0.507 e. The molecule has 0 aliphatic carbocycles. The van der Waals surface area contributed by atoms with Crippen LogP contribution in [0.3, 0.4) is 0 Å². The van der Waals surface area contributed by atoms with Crippen molar-refractivity contribution in [2.24, 2.45) is 5.73 Å². The Bertz CT molecular complexity index is 563. The van der Waals surface area contributed by atoms with Crippen LogP contribution in [0.25, 0.3) is 10.8 Å². The minimum absolute atomic E-state index is 0.187. The van der Waals surface area contributed by atoms with Crippen molar-refractivity contribution in [3.8, 4) is 11.5 Å². The van der Waals surface area contributed by atoms with E-state index >= 15 is 0 Å². The number of aromatic hydroxyl groups is 1. The standard InChI is InChI=1S/C12H11NO3/c1-7-5-6-8-9(11(7)14)3-2-4-10(8)16-12(13)15/h2-6,14H,1H3,(H2,13,15). The van der Waals surface area contributed by atoms with E-state index in [-0.39, 0.29) is 5.75 Å². The summed E-state index contributed by atoms with van der Waals surface area (Å²) in [6, 6.07) is 8.61. The SMILES string of the molecule is Cc1ccc2c(OC(N)=O)cccc2c1O. The molecule has 16 heavy (non-hydrogen) atoms. The summed E-state index contributed by atoms with van der Waals surface area (Å²) in [5, 5.41) is 11.1. The zero-order valence-electron chi connectivity index (χ0n) is 8.73. The Morgan fingerprint density at radius 1 is 1.25 bits per heavy atom. The van der Waals surface area contributed by atoms with Crippen molar-refractivity contribution in [3.63, 3.8) is 0 Å². The Hall–Kier alpha value is -2.23. The van der Waals surface area contributed by atoms with E-state index in [1.165, 1.54) is 0 Å². The molecule has 0 fully saturated rings. The summed E-state index contributed by atoms with van der Waals surface area (Å²) in [6.45, 7) is 1.80. The number of hydrogen-bond donors (Lipinski definition) is 2. The zero-order valence-corrected chi connectivity index (χ0v) is 8.73. The van der Waals surface area contributed by atoms with Crippen LogP contribution < -0.4 is 10.5 Å². The smallest absolute Gasteiger partial charge is 0.409 e. The number of ether oxygens (including phenoxy) is 1. The first-order valence-corrected chi connectivity index (χ1v) is 4.78. The number of benzene rings is 2. The predicted octanol–water partition coefficient (Wildman–Crippen LogP) is 2.31. The number of carbonyl (C=O) groups excluding carboxylic acids is 1. The predicted molar refractivity (Wildman–Crippen MR) is 60.6 cm³/mol. The molecule has 0 bridgehead atoms. The summed E-state index contributed by atoms with van der Waals surface area (Å²) in [7, 11) is 0. The lowest BCUT2D eigenvalue weighted by molar-refractivity contribution is 0.211. The molecular formula is C12H11NO3. The molecule has 0 atom stereocenters. The van der Waals surface area contributed by atoms with Gasteiger partial charge in [0.2, 0.25) is 0 Å². The van der Waals surface area contributed by atoms with E-state index in [2.05, 4.69) is 0 Å². The number of rotatable bonds is 1. The average Bonchev–Trinajstić information content (AvgIpc) is 2.23. The molecular weight excluding hydrogens is 206 g/mol. The third kappa shape index (κ3) is 1.65. The Morgan fingerprint density at radius 2 is 2.00 bits per heavy atom. The molecule has 0 aliphatic heterocycles. The maximum atomic E-state index is 10.7. The van der Waals surface area contributed by atoms with Crippen molar-refractivity contribution in [3.05, 3.63) is 35.9 Å². The van der Waals surface area contributed by atoms with Gasteiger partial charge in [-0.3, -0.25) is 0 Å². The lowest BCUT2D eigenvalue weighted by atomic mass is 10.1. The molecule has 4 heteroatoms. The monoisotopic (exact) mass is 217 g/mol. The quantitative estimate of drug-likeness (QED) is 0.769. The molecule has 0 spiro atoms. The fourth-order valence-electron chi connectivity index (χ4n) is 1.62. The summed E-state index contributed by atoms with van der Waals surface area (Å²) in [5.74, 6) is 0.535. The van der Waals surface area contributed by atoms with Gasteiger partial charge in [0, 0.05) is 10.8 Å². The van der Waals surface area contributed by atoms with Crippen molar-refractivity contribution >= 4 is 16.9 Å². The van der Waals surface area contributed by atoms with E-state index in [0.717, 1.165) is 5.56 Å². The fraction of sp³-hybridized carbons (Fsp3) is 0.0833. The van der Waals surface area contributed by atoms with Gasteiger partial charge in [-0.05, 0) is 18.6 Å². The fourth-order valence-corrected chi connectivity index (χ4v) is 1.62. The highest BCUT2D eigenvalue weighted by molar-refractivity contribution is 5.94. The molecule has 2 aromatic carbocycles. The third-order valence-electron chi connectivity index (χ3n) is 2.41. The van der Waals surface area contributed by atoms with Crippen molar-refractivity contribution < 1.29 is 14.6 Å². The maximum Gasteiger partial charge on any atom is 0.409 e. The van der Waals surface area contributed by atoms with E-state index in [1.54, 1.807) is 37.3 Å². The Balaban J connectivity index is 2.69. The van der Waals surface area contributed by atoms with Crippen molar-refractivity contribution in [2.45, 2.75) is 6.92 Å². The van der Waals surface area contributed by atoms with Gasteiger partial charge in [-0.2, -0.15) is 0 Å². The molecule has 2 rings (SSSR count).